The van der Waals surface area contributed by atoms with E-state index in [1.54, 1.807) is 0 Å². The molecule has 25 heavy (non-hydrogen) atoms. The Bertz CT molecular complexity index is 598. The highest BCUT2D eigenvalue weighted by Gasteiger charge is 2.44. The first kappa shape index (κ1) is 19.2. The molecule has 1 N–H and O–H groups in total. The maximum Gasteiger partial charge on any atom is 0.237 e. The van der Waals surface area contributed by atoms with Crippen LogP contribution in [0.2, 0.25) is 0 Å². The lowest BCUT2D eigenvalue weighted by Crippen LogP contribution is -2.49. The van der Waals surface area contributed by atoms with Crippen molar-refractivity contribution in [2.45, 2.75) is 39.0 Å². The number of rotatable bonds is 9. The molecule has 0 spiro atoms. The normalized spacial score (nSPS) is 11.5. The summed E-state index contributed by atoms with van der Waals surface area (Å²) in [6.07, 6.45) is 2.08. The molecule has 0 atom stereocenters. The maximum absolute atomic E-state index is 13.3. The van der Waals surface area contributed by atoms with Gasteiger partial charge in [0.05, 0.1) is 0 Å². The quantitative estimate of drug-likeness (QED) is 0.539. The van der Waals surface area contributed by atoms with E-state index < -0.39 is 5.41 Å². The van der Waals surface area contributed by atoms with Gasteiger partial charge in [-0.3, -0.25) is 4.79 Å². The standard InChI is InChI=1S/C22H29NO2/c1-4-5-16-25-17-23-21(24)22(18(2)3,19-12-8-6-9-13-19)20-14-10-7-11-15-20/h6-15,18H,4-5,16-17H2,1-3H3,(H,23,24). The fraction of sp³-hybridized carbons (Fsp3) is 0.409. The van der Waals surface area contributed by atoms with Crippen molar-refractivity contribution in [3.05, 3.63) is 71.8 Å². The topological polar surface area (TPSA) is 38.3 Å². The van der Waals surface area contributed by atoms with Crippen molar-refractivity contribution >= 4 is 5.91 Å². The van der Waals surface area contributed by atoms with Gasteiger partial charge in [-0.2, -0.15) is 0 Å². The summed E-state index contributed by atoms with van der Waals surface area (Å²) in [5.74, 6) is 0.0735. The highest BCUT2D eigenvalue weighted by molar-refractivity contribution is 5.92. The average molecular weight is 339 g/mol. The summed E-state index contributed by atoms with van der Waals surface area (Å²) in [6, 6.07) is 20.0. The van der Waals surface area contributed by atoms with E-state index in [2.05, 4.69) is 26.1 Å². The van der Waals surface area contributed by atoms with Crippen molar-refractivity contribution in [1.29, 1.82) is 0 Å². The number of hydrogen-bond acceptors (Lipinski definition) is 2. The Morgan fingerprint density at radius 3 is 1.96 bits per heavy atom. The van der Waals surface area contributed by atoms with Crippen LogP contribution >= 0.6 is 0 Å². The van der Waals surface area contributed by atoms with Crippen molar-refractivity contribution in [2.75, 3.05) is 13.3 Å². The third-order valence-electron chi connectivity index (χ3n) is 4.66. The molecule has 0 aliphatic heterocycles. The van der Waals surface area contributed by atoms with Gasteiger partial charge in [-0.25, -0.2) is 0 Å². The molecule has 2 aromatic carbocycles. The van der Waals surface area contributed by atoms with Crippen LogP contribution in [0.3, 0.4) is 0 Å². The minimum atomic E-state index is -0.739. The van der Waals surface area contributed by atoms with E-state index >= 15 is 0 Å². The lowest BCUT2D eigenvalue weighted by atomic mass is 9.66. The molecule has 0 fully saturated rings. The third-order valence-corrected chi connectivity index (χ3v) is 4.66. The van der Waals surface area contributed by atoms with Crippen LogP contribution in [0.1, 0.15) is 44.7 Å². The lowest BCUT2D eigenvalue weighted by Gasteiger charge is -2.37. The van der Waals surface area contributed by atoms with Gasteiger partial charge in [-0.1, -0.05) is 87.9 Å². The predicted octanol–water partition coefficient (Wildman–Crippen LogP) is 4.52. The molecular weight excluding hydrogens is 310 g/mol. The van der Waals surface area contributed by atoms with Gasteiger partial charge in [0.15, 0.2) is 0 Å². The molecule has 2 aromatic rings. The molecular formula is C22H29NO2. The van der Waals surface area contributed by atoms with Crippen molar-refractivity contribution in [1.82, 2.24) is 5.32 Å². The average Bonchev–Trinajstić information content (AvgIpc) is 2.64. The van der Waals surface area contributed by atoms with Crippen LogP contribution in [0.4, 0.5) is 0 Å². The Labute approximate surface area is 151 Å². The highest BCUT2D eigenvalue weighted by Crippen LogP contribution is 2.39. The maximum atomic E-state index is 13.3. The second kappa shape index (κ2) is 9.38. The molecule has 0 aliphatic carbocycles. The number of benzene rings is 2. The monoisotopic (exact) mass is 339 g/mol. The van der Waals surface area contributed by atoms with Gasteiger partial charge in [-0.05, 0) is 23.5 Å². The predicted molar refractivity (Wildman–Crippen MR) is 102 cm³/mol. The van der Waals surface area contributed by atoms with Crippen molar-refractivity contribution in [2.24, 2.45) is 5.92 Å². The van der Waals surface area contributed by atoms with Crippen LogP contribution in [0.25, 0.3) is 0 Å². The SMILES string of the molecule is CCCCOCNC(=O)C(c1ccccc1)(c1ccccc1)C(C)C. The van der Waals surface area contributed by atoms with Crippen LogP contribution in [-0.4, -0.2) is 19.2 Å². The Kier molecular flexibility index (Phi) is 7.20. The smallest absolute Gasteiger partial charge is 0.237 e. The molecule has 0 heterocycles. The zero-order chi connectivity index (χ0) is 18.1. The second-order valence-corrected chi connectivity index (χ2v) is 6.61. The van der Waals surface area contributed by atoms with E-state index in [9.17, 15) is 4.79 Å². The summed E-state index contributed by atoms with van der Waals surface area (Å²) in [4.78, 5) is 13.3. The van der Waals surface area contributed by atoms with Crippen LogP contribution < -0.4 is 5.32 Å². The van der Waals surface area contributed by atoms with Gasteiger partial charge < -0.3 is 10.1 Å². The number of amides is 1. The fourth-order valence-electron chi connectivity index (χ4n) is 3.33. The van der Waals surface area contributed by atoms with E-state index in [1.807, 2.05) is 60.7 Å². The van der Waals surface area contributed by atoms with Gasteiger partial charge in [0.25, 0.3) is 0 Å². The first-order valence-electron chi connectivity index (χ1n) is 9.11. The Morgan fingerprint density at radius 1 is 1.00 bits per heavy atom. The van der Waals surface area contributed by atoms with Crippen LogP contribution in [0.15, 0.2) is 60.7 Å². The van der Waals surface area contributed by atoms with Crippen molar-refractivity contribution in [3.8, 4) is 0 Å². The molecule has 134 valence electrons. The first-order valence-corrected chi connectivity index (χ1v) is 9.11. The number of nitrogens with one attached hydrogen (secondary N) is 1. The number of ether oxygens (including phenoxy) is 1. The molecule has 2 rings (SSSR count). The summed E-state index contributed by atoms with van der Waals surface area (Å²) in [6.45, 7) is 7.22. The number of unbranched alkanes of at least 4 members (excludes halogenated alkanes) is 1. The molecule has 3 heteroatoms. The largest absolute Gasteiger partial charge is 0.361 e. The summed E-state index contributed by atoms with van der Waals surface area (Å²) < 4.78 is 5.56. The first-order chi connectivity index (χ1) is 12.1. The van der Waals surface area contributed by atoms with E-state index in [0.717, 1.165) is 24.0 Å². The van der Waals surface area contributed by atoms with Gasteiger partial charge in [-0.15, -0.1) is 0 Å². The Morgan fingerprint density at radius 2 is 1.52 bits per heavy atom. The van der Waals surface area contributed by atoms with Crippen LogP contribution in [0, 0.1) is 5.92 Å². The minimum Gasteiger partial charge on any atom is -0.361 e. The Balaban J connectivity index is 2.36. The number of carbonyl (C=O) groups is 1. The fourth-order valence-corrected chi connectivity index (χ4v) is 3.33. The van der Waals surface area contributed by atoms with E-state index in [4.69, 9.17) is 4.74 Å². The summed E-state index contributed by atoms with van der Waals surface area (Å²) >= 11 is 0. The third kappa shape index (κ3) is 4.29. The Hall–Kier alpha value is -2.13. The van der Waals surface area contributed by atoms with Crippen LogP contribution in [-0.2, 0) is 14.9 Å². The minimum absolute atomic E-state index is 0.0172. The molecule has 3 nitrogen and oxygen atoms in total. The van der Waals surface area contributed by atoms with Crippen molar-refractivity contribution in [3.63, 3.8) is 0 Å². The number of carbonyl (C=O) groups excluding carboxylic acids is 1. The van der Waals surface area contributed by atoms with E-state index in [1.165, 1.54) is 0 Å². The van der Waals surface area contributed by atoms with Crippen LogP contribution in [0.5, 0.6) is 0 Å². The molecule has 0 bridgehead atoms. The second-order valence-electron chi connectivity index (χ2n) is 6.61. The molecule has 0 saturated carbocycles. The molecule has 0 aliphatic rings. The summed E-state index contributed by atoms with van der Waals surface area (Å²) in [7, 11) is 0. The van der Waals surface area contributed by atoms with Crippen molar-refractivity contribution < 1.29 is 9.53 Å². The molecule has 1 amide bonds. The van der Waals surface area contributed by atoms with Gasteiger partial charge >= 0.3 is 0 Å². The van der Waals surface area contributed by atoms with Gasteiger partial charge in [0.2, 0.25) is 5.91 Å². The molecule has 0 unspecified atom stereocenters. The van der Waals surface area contributed by atoms with E-state index in [-0.39, 0.29) is 18.6 Å². The highest BCUT2D eigenvalue weighted by atomic mass is 16.5. The zero-order valence-electron chi connectivity index (χ0n) is 15.5. The molecule has 0 aromatic heterocycles. The summed E-state index contributed by atoms with van der Waals surface area (Å²) in [5, 5.41) is 3.00. The molecule has 0 radical (unpaired) electrons. The molecule has 0 saturated heterocycles. The van der Waals surface area contributed by atoms with E-state index in [0.29, 0.717) is 6.61 Å². The van der Waals surface area contributed by atoms with Gasteiger partial charge in [0.1, 0.15) is 12.1 Å². The number of hydrogen-bond donors (Lipinski definition) is 1. The zero-order valence-corrected chi connectivity index (χ0v) is 15.5. The summed E-state index contributed by atoms with van der Waals surface area (Å²) in [5.41, 5.74) is 1.26. The van der Waals surface area contributed by atoms with Gasteiger partial charge in [0, 0.05) is 6.61 Å². The lowest BCUT2D eigenvalue weighted by molar-refractivity contribution is -0.128.